The fraction of sp³-hybridized carbons (Fsp3) is 0.0213. The molecule has 4 aromatic heterocycles. The fourth-order valence-electron chi connectivity index (χ4n) is 9.27. The summed E-state index contributed by atoms with van der Waals surface area (Å²) in [6.45, 7) is 0. The van der Waals surface area contributed by atoms with Crippen molar-refractivity contribution in [1.82, 2.24) is 19.1 Å². The summed E-state index contributed by atoms with van der Waals surface area (Å²) in [4.78, 5) is 9.81. The zero-order valence-electron chi connectivity index (χ0n) is 27.9. The molecular weight excluding hydrogens is 637 g/mol. The number of pyridine rings is 2. The highest BCUT2D eigenvalue weighted by atomic mass is 16.5. The molecule has 0 N–H and O–H groups in total. The van der Waals surface area contributed by atoms with Crippen LogP contribution < -0.4 is 4.74 Å². The topological polar surface area (TPSA) is 44.9 Å². The summed E-state index contributed by atoms with van der Waals surface area (Å²) < 4.78 is 11.5. The number of fused-ring (bicyclic) bond motifs is 15. The van der Waals surface area contributed by atoms with Crippen molar-refractivity contribution in [2.24, 2.45) is 0 Å². The van der Waals surface area contributed by atoms with Gasteiger partial charge in [0.25, 0.3) is 0 Å². The molecule has 5 nitrogen and oxygen atoms in total. The Labute approximate surface area is 298 Å². The number of rotatable bonds is 2. The van der Waals surface area contributed by atoms with Gasteiger partial charge < -0.3 is 13.9 Å². The van der Waals surface area contributed by atoms with E-state index in [0.717, 1.165) is 67.5 Å². The van der Waals surface area contributed by atoms with Crippen molar-refractivity contribution < 1.29 is 4.74 Å². The Kier molecular flexibility index (Phi) is 5.37. The summed E-state index contributed by atoms with van der Waals surface area (Å²) in [5.74, 6) is 1.69. The SMILES string of the molecule is c1ccc2c(c1)Oc1ccc(-n3c4ccccc4c4cc(-n5c6ccccc6c6ccccc65)ccc43)cc1C21c2cccnc2-c2ncccc21. The van der Waals surface area contributed by atoms with Crippen LogP contribution in [0, 0.1) is 0 Å². The van der Waals surface area contributed by atoms with Crippen molar-refractivity contribution in [1.29, 1.82) is 0 Å². The van der Waals surface area contributed by atoms with Crippen LogP contribution in [0.15, 0.2) is 170 Å². The molecule has 5 heterocycles. The van der Waals surface area contributed by atoms with E-state index in [-0.39, 0.29) is 0 Å². The summed E-state index contributed by atoms with van der Waals surface area (Å²) in [6.07, 6.45) is 3.73. The maximum absolute atomic E-state index is 6.72. The standard InChI is InChI=1S/C47H28N4O/c1-5-17-39-31(11-1)32-12-2-6-18-40(32)50(39)29-21-23-42-34(27-29)33-13-3-7-19-41(33)51(42)30-22-24-44-38(28-30)47(35-14-4-8-20-43(35)52-44)36-15-9-25-48-45(36)46-37(47)16-10-26-49-46/h1-28H. The number of hydrogen-bond donors (Lipinski definition) is 0. The number of hydrogen-bond acceptors (Lipinski definition) is 3. The van der Waals surface area contributed by atoms with Crippen molar-refractivity contribution in [3.8, 4) is 34.3 Å². The van der Waals surface area contributed by atoms with Crippen molar-refractivity contribution in [3.63, 3.8) is 0 Å². The summed E-state index contributed by atoms with van der Waals surface area (Å²) in [7, 11) is 0. The van der Waals surface area contributed by atoms with Gasteiger partial charge in [-0.25, -0.2) is 0 Å². The van der Waals surface area contributed by atoms with E-state index < -0.39 is 5.41 Å². The van der Waals surface area contributed by atoms with Crippen LogP contribution in [-0.4, -0.2) is 19.1 Å². The van der Waals surface area contributed by atoms with Gasteiger partial charge in [-0.2, -0.15) is 0 Å². The first-order valence-electron chi connectivity index (χ1n) is 17.7. The third-order valence-electron chi connectivity index (χ3n) is 11.3. The van der Waals surface area contributed by atoms with Gasteiger partial charge in [0, 0.05) is 56.4 Å². The van der Waals surface area contributed by atoms with Gasteiger partial charge in [0.1, 0.15) is 11.5 Å². The van der Waals surface area contributed by atoms with Crippen LogP contribution in [0.1, 0.15) is 22.3 Å². The zero-order valence-corrected chi connectivity index (χ0v) is 27.9. The summed E-state index contributed by atoms with van der Waals surface area (Å²) in [5, 5.41) is 4.92. The lowest BCUT2D eigenvalue weighted by Crippen LogP contribution is -2.32. The molecule has 0 bridgehead atoms. The van der Waals surface area contributed by atoms with E-state index in [4.69, 9.17) is 14.7 Å². The van der Waals surface area contributed by atoms with Crippen LogP contribution in [0.2, 0.25) is 0 Å². The highest BCUT2D eigenvalue weighted by Crippen LogP contribution is 2.61. The lowest BCUT2D eigenvalue weighted by molar-refractivity contribution is 0.436. The minimum absolute atomic E-state index is 0.643. The Balaban J connectivity index is 1.13. The molecule has 242 valence electrons. The lowest BCUT2D eigenvalue weighted by atomic mass is 9.66. The third-order valence-corrected chi connectivity index (χ3v) is 11.3. The maximum Gasteiger partial charge on any atom is 0.132 e. The molecule has 12 rings (SSSR count). The quantitative estimate of drug-likeness (QED) is 0.185. The molecule has 0 amide bonds. The van der Waals surface area contributed by atoms with Crippen molar-refractivity contribution in [2.45, 2.75) is 5.41 Å². The molecule has 10 aromatic rings. The van der Waals surface area contributed by atoms with Gasteiger partial charge in [-0.05, 0) is 83.9 Å². The number of benzene rings is 6. The lowest BCUT2D eigenvalue weighted by Gasteiger charge is -2.39. The predicted octanol–water partition coefficient (Wildman–Crippen LogP) is 11.1. The largest absolute Gasteiger partial charge is 0.457 e. The molecule has 1 aliphatic heterocycles. The van der Waals surface area contributed by atoms with Gasteiger partial charge in [-0.15, -0.1) is 0 Å². The Morgan fingerprint density at radius 1 is 0.385 bits per heavy atom. The summed E-state index contributed by atoms with van der Waals surface area (Å²) in [6, 6.07) is 56.6. The molecule has 6 aromatic carbocycles. The number of para-hydroxylation sites is 4. The molecule has 2 aliphatic rings. The molecule has 52 heavy (non-hydrogen) atoms. The van der Waals surface area contributed by atoms with E-state index in [2.05, 4.69) is 149 Å². The monoisotopic (exact) mass is 664 g/mol. The van der Waals surface area contributed by atoms with Gasteiger partial charge in [0.05, 0.1) is 38.9 Å². The van der Waals surface area contributed by atoms with Crippen molar-refractivity contribution >= 4 is 43.6 Å². The average Bonchev–Trinajstić information content (AvgIpc) is 3.83. The zero-order chi connectivity index (χ0) is 34.0. The molecule has 1 spiro atoms. The van der Waals surface area contributed by atoms with E-state index in [1.165, 1.54) is 32.6 Å². The Morgan fingerprint density at radius 2 is 0.865 bits per heavy atom. The molecule has 0 radical (unpaired) electrons. The van der Waals surface area contributed by atoms with E-state index in [0.29, 0.717) is 0 Å². The first-order valence-corrected chi connectivity index (χ1v) is 17.7. The Bertz CT molecular complexity index is 3030. The van der Waals surface area contributed by atoms with Crippen LogP contribution in [0.25, 0.3) is 66.4 Å². The van der Waals surface area contributed by atoms with Gasteiger partial charge in [-0.3, -0.25) is 9.97 Å². The number of ether oxygens (including phenoxy) is 1. The van der Waals surface area contributed by atoms with Crippen LogP contribution >= 0.6 is 0 Å². The van der Waals surface area contributed by atoms with Gasteiger partial charge >= 0.3 is 0 Å². The smallest absolute Gasteiger partial charge is 0.132 e. The van der Waals surface area contributed by atoms with Gasteiger partial charge in [-0.1, -0.05) is 84.9 Å². The normalized spacial score (nSPS) is 13.7. The van der Waals surface area contributed by atoms with E-state index in [9.17, 15) is 0 Å². The third kappa shape index (κ3) is 3.42. The minimum Gasteiger partial charge on any atom is -0.457 e. The molecule has 0 unspecified atom stereocenters. The Morgan fingerprint density at radius 3 is 1.52 bits per heavy atom. The first kappa shape index (κ1) is 27.8. The van der Waals surface area contributed by atoms with Crippen LogP contribution in [0.4, 0.5) is 0 Å². The van der Waals surface area contributed by atoms with Crippen LogP contribution in [0.3, 0.4) is 0 Å². The van der Waals surface area contributed by atoms with Gasteiger partial charge in [0.2, 0.25) is 0 Å². The van der Waals surface area contributed by atoms with E-state index >= 15 is 0 Å². The molecule has 5 heteroatoms. The van der Waals surface area contributed by atoms with E-state index in [1.807, 2.05) is 30.6 Å². The molecule has 1 aliphatic carbocycles. The second kappa shape index (κ2) is 10.1. The Hall–Kier alpha value is -6.98. The molecule has 0 saturated heterocycles. The highest BCUT2D eigenvalue weighted by molar-refractivity contribution is 6.12. The maximum atomic E-state index is 6.72. The fourth-order valence-corrected chi connectivity index (χ4v) is 9.27. The van der Waals surface area contributed by atoms with Crippen LogP contribution in [-0.2, 0) is 5.41 Å². The number of nitrogens with zero attached hydrogens (tertiary/aromatic N) is 4. The first-order chi connectivity index (χ1) is 25.8. The molecule has 0 saturated carbocycles. The molecule has 0 atom stereocenters. The second-order valence-corrected chi connectivity index (χ2v) is 13.8. The van der Waals surface area contributed by atoms with Crippen molar-refractivity contribution in [2.75, 3.05) is 0 Å². The number of aromatic nitrogens is 4. The average molecular weight is 665 g/mol. The van der Waals surface area contributed by atoms with Crippen molar-refractivity contribution in [3.05, 3.63) is 192 Å². The van der Waals surface area contributed by atoms with Gasteiger partial charge in [0.15, 0.2) is 0 Å². The van der Waals surface area contributed by atoms with E-state index in [1.54, 1.807) is 0 Å². The minimum atomic E-state index is -0.643. The second-order valence-electron chi connectivity index (χ2n) is 13.8. The summed E-state index contributed by atoms with van der Waals surface area (Å²) in [5.41, 5.74) is 12.5. The van der Waals surface area contributed by atoms with Crippen LogP contribution in [0.5, 0.6) is 11.5 Å². The predicted molar refractivity (Wildman–Crippen MR) is 208 cm³/mol. The molecule has 0 fully saturated rings. The highest BCUT2D eigenvalue weighted by Gasteiger charge is 2.52. The summed E-state index contributed by atoms with van der Waals surface area (Å²) >= 11 is 0. The molecular formula is C47H28N4O.